The molecule has 0 aliphatic carbocycles. The molecule has 0 heterocycles. The SMILES string of the molecule is C#Cc1ccccc1C.CCCC. The van der Waals surface area contributed by atoms with E-state index in [9.17, 15) is 0 Å². The lowest BCUT2D eigenvalue weighted by Gasteiger charge is -1.92. The van der Waals surface area contributed by atoms with Gasteiger partial charge in [-0.05, 0) is 18.6 Å². The Morgan fingerprint density at radius 1 is 1.15 bits per heavy atom. The van der Waals surface area contributed by atoms with Gasteiger partial charge in [0, 0.05) is 5.56 Å². The molecular weight excluding hydrogens is 156 g/mol. The van der Waals surface area contributed by atoms with Crippen molar-refractivity contribution in [2.45, 2.75) is 33.6 Å². The van der Waals surface area contributed by atoms with Crippen LogP contribution in [0.15, 0.2) is 24.3 Å². The molecule has 0 saturated heterocycles. The highest BCUT2D eigenvalue weighted by molar-refractivity contribution is 5.38. The largest absolute Gasteiger partial charge is 0.115 e. The number of terminal acetylenes is 1. The molecule has 70 valence electrons. The summed E-state index contributed by atoms with van der Waals surface area (Å²) in [7, 11) is 0. The minimum atomic E-state index is 0.984. The molecule has 1 rings (SSSR count). The topological polar surface area (TPSA) is 0 Å². The van der Waals surface area contributed by atoms with E-state index in [1.807, 2.05) is 31.2 Å². The Hall–Kier alpha value is -1.22. The van der Waals surface area contributed by atoms with Gasteiger partial charge in [-0.25, -0.2) is 0 Å². The van der Waals surface area contributed by atoms with Gasteiger partial charge in [-0.15, -0.1) is 6.42 Å². The van der Waals surface area contributed by atoms with Crippen molar-refractivity contribution in [3.63, 3.8) is 0 Å². The van der Waals surface area contributed by atoms with Crippen LogP contribution in [0.4, 0.5) is 0 Å². The van der Waals surface area contributed by atoms with Gasteiger partial charge < -0.3 is 0 Å². The average Bonchev–Trinajstić information content (AvgIpc) is 2.19. The second kappa shape index (κ2) is 7.43. The molecule has 0 spiro atoms. The van der Waals surface area contributed by atoms with Crippen LogP contribution in [0.3, 0.4) is 0 Å². The summed E-state index contributed by atoms with van der Waals surface area (Å²) < 4.78 is 0. The molecule has 0 unspecified atom stereocenters. The summed E-state index contributed by atoms with van der Waals surface area (Å²) in [5.74, 6) is 2.60. The van der Waals surface area contributed by atoms with Crippen LogP contribution in [0.2, 0.25) is 0 Å². The number of benzene rings is 1. The number of hydrogen-bond donors (Lipinski definition) is 0. The third kappa shape index (κ3) is 5.09. The van der Waals surface area contributed by atoms with E-state index in [1.165, 1.54) is 18.4 Å². The Kier molecular flexibility index (Phi) is 6.73. The lowest BCUT2D eigenvalue weighted by molar-refractivity contribution is 0.886. The molecule has 0 saturated carbocycles. The van der Waals surface area contributed by atoms with Crippen LogP contribution in [-0.4, -0.2) is 0 Å². The zero-order valence-electron chi connectivity index (χ0n) is 8.80. The van der Waals surface area contributed by atoms with Crippen LogP contribution in [0, 0.1) is 19.3 Å². The highest BCUT2D eigenvalue weighted by Crippen LogP contribution is 2.03. The average molecular weight is 174 g/mol. The van der Waals surface area contributed by atoms with Gasteiger partial charge in [0.2, 0.25) is 0 Å². The van der Waals surface area contributed by atoms with Gasteiger partial charge in [0.15, 0.2) is 0 Å². The third-order valence-electron chi connectivity index (χ3n) is 1.80. The van der Waals surface area contributed by atoms with Crippen LogP contribution in [0.5, 0.6) is 0 Å². The van der Waals surface area contributed by atoms with E-state index in [0.717, 1.165) is 5.56 Å². The molecule has 0 fully saturated rings. The minimum absolute atomic E-state index is 0.984. The van der Waals surface area contributed by atoms with Crippen molar-refractivity contribution >= 4 is 0 Å². The van der Waals surface area contributed by atoms with Crippen molar-refractivity contribution in [3.8, 4) is 12.3 Å². The standard InChI is InChI=1S/C9H8.C4H10/c1-3-9-7-5-4-6-8(9)2;1-3-4-2/h1,4-7H,2H3;3-4H2,1-2H3. The van der Waals surface area contributed by atoms with Gasteiger partial charge in [-0.3, -0.25) is 0 Å². The van der Waals surface area contributed by atoms with Crippen molar-refractivity contribution in [2.75, 3.05) is 0 Å². The van der Waals surface area contributed by atoms with E-state index in [2.05, 4.69) is 19.8 Å². The maximum absolute atomic E-state index is 5.20. The van der Waals surface area contributed by atoms with Crippen molar-refractivity contribution in [1.82, 2.24) is 0 Å². The maximum Gasteiger partial charge on any atom is 0.0271 e. The molecule has 0 aliphatic heterocycles. The molecule has 1 aromatic rings. The fourth-order valence-electron chi connectivity index (χ4n) is 0.735. The van der Waals surface area contributed by atoms with E-state index in [4.69, 9.17) is 6.42 Å². The van der Waals surface area contributed by atoms with Crippen molar-refractivity contribution in [3.05, 3.63) is 35.4 Å². The van der Waals surface area contributed by atoms with Gasteiger partial charge in [-0.1, -0.05) is 50.8 Å². The van der Waals surface area contributed by atoms with Crippen LogP contribution < -0.4 is 0 Å². The Balaban J connectivity index is 0.000000310. The summed E-state index contributed by atoms with van der Waals surface area (Å²) in [6.45, 7) is 6.37. The van der Waals surface area contributed by atoms with Crippen LogP contribution in [-0.2, 0) is 0 Å². The van der Waals surface area contributed by atoms with Gasteiger partial charge in [0.25, 0.3) is 0 Å². The minimum Gasteiger partial charge on any atom is -0.115 e. The monoisotopic (exact) mass is 174 g/mol. The molecule has 13 heavy (non-hydrogen) atoms. The van der Waals surface area contributed by atoms with Crippen LogP contribution in [0.1, 0.15) is 37.8 Å². The third-order valence-corrected chi connectivity index (χ3v) is 1.80. The number of unbranched alkanes of at least 4 members (excludes halogenated alkanes) is 1. The second-order valence-electron chi connectivity index (χ2n) is 2.96. The fraction of sp³-hybridized carbons (Fsp3) is 0.385. The molecule has 0 atom stereocenters. The van der Waals surface area contributed by atoms with E-state index < -0.39 is 0 Å². The molecule has 0 amide bonds. The first-order chi connectivity index (χ1) is 6.26. The summed E-state index contributed by atoms with van der Waals surface area (Å²) in [6.07, 6.45) is 7.84. The Morgan fingerprint density at radius 2 is 1.69 bits per heavy atom. The second-order valence-corrected chi connectivity index (χ2v) is 2.96. The first kappa shape index (κ1) is 11.8. The van der Waals surface area contributed by atoms with Crippen LogP contribution in [0.25, 0.3) is 0 Å². The van der Waals surface area contributed by atoms with Crippen molar-refractivity contribution in [1.29, 1.82) is 0 Å². The molecular formula is C13H18. The smallest absolute Gasteiger partial charge is 0.0271 e. The first-order valence-electron chi connectivity index (χ1n) is 4.78. The lowest BCUT2D eigenvalue weighted by Crippen LogP contribution is -1.77. The molecule has 0 aliphatic rings. The Labute approximate surface area is 82.0 Å². The maximum atomic E-state index is 5.20. The molecule has 0 nitrogen and oxygen atoms in total. The molecule has 0 N–H and O–H groups in total. The molecule has 0 heteroatoms. The summed E-state index contributed by atoms with van der Waals surface area (Å²) in [5.41, 5.74) is 2.15. The predicted octanol–water partition coefficient (Wildman–Crippen LogP) is 3.78. The molecule has 0 radical (unpaired) electrons. The predicted molar refractivity (Wildman–Crippen MR) is 59.7 cm³/mol. The van der Waals surface area contributed by atoms with E-state index >= 15 is 0 Å². The number of aryl methyl sites for hydroxylation is 1. The molecule has 0 aromatic heterocycles. The van der Waals surface area contributed by atoms with E-state index in [1.54, 1.807) is 0 Å². The first-order valence-corrected chi connectivity index (χ1v) is 4.78. The fourth-order valence-corrected chi connectivity index (χ4v) is 0.735. The zero-order valence-corrected chi connectivity index (χ0v) is 8.80. The van der Waals surface area contributed by atoms with E-state index in [-0.39, 0.29) is 0 Å². The summed E-state index contributed by atoms with van der Waals surface area (Å²) >= 11 is 0. The summed E-state index contributed by atoms with van der Waals surface area (Å²) in [4.78, 5) is 0. The number of hydrogen-bond acceptors (Lipinski definition) is 0. The number of rotatable bonds is 1. The van der Waals surface area contributed by atoms with Gasteiger partial charge in [0.1, 0.15) is 0 Å². The molecule has 1 aromatic carbocycles. The summed E-state index contributed by atoms with van der Waals surface area (Å²) in [6, 6.07) is 7.88. The van der Waals surface area contributed by atoms with Crippen molar-refractivity contribution < 1.29 is 0 Å². The Morgan fingerprint density at radius 3 is 2.00 bits per heavy atom. The van der Waals surface area contributed by atoms with Crippen LogP contribution >= 0.6 is 0 Å². The summed E-state index contributed by atoms with van der Waals surface area (Å²) in [5, 5.41) is 0. The van der Waals surface area contributed by atoms with E-state index in [0.29, 0.717) is 0 Å². The lowest BCUT2D eigenvalue weighted by atomic mass is 10.1. The van der Waals surface area contributed by atoms with Crippen molar-refractivity contribution in [2.24, 2.45) is 0 Å². The Bertz CT molecular complexity index is 264. The zero-order chi connectivity index (χ0) is 10.1. The quantitative estimate of drug-likeness (QED) is 0.568. The normalized spacial score (nSPS) is 8.15. The van der Waals surface area contributed by atoms with Gasteiger partial charge in [0.05, 0.1) is 0 Å². The highest BCUT2D eigenvalue weighted by atomic mass is 13.9. The molecule has 0 bridgehead atoms. The highest BCUT2D eigenvalue weighted by Gasteiger charge is 1.87. The van der Waals surface area contributed by atoms with Gasteiger partial charge >= 0.3 is 0 Å². The van der Waals surface area contributed by atoms with Gasteiger partial charge in [-0.2, -0.15) is 0 Å².